The van der Waals surface area contributed by atoms with E-state index in [2.05, 4.69) is 15.9 Å². The fourth-order valence-electron chi connectivity index (χ4n) is 1.53. The highest BCUT2D eigenvalue weighted by molar-refractivity contribution is 9.10. The lowest BCUT2D eigenvalue weighted by atomic mass is 10.1. The monoisotopic (exact) mass is 297 g/mol. The second kappa shape index (κ2) is 5.10. The normalized spacial score (nSPS) is 12.7. The van der Waals surface area contributed by atoms with E-state index in [1.807, 2.05) is 35.7 Å². The van der Waals surface area contributed by atoms with E-state index in [0.717, 1.165) is 20.5 Å². The molecule has 0 saturated carbocycles. The maximum atomic E-state index is 10.2. The zero-order valence-electron chi connectivity index (χ0n) is 8.56. The van der Waals surface area contributed by atoms with Gasteiger partial charge in [0.2, 0.25) is 0 Å². The molecule has 84 valence electrons. The van der Waals surface area contributed by atoms with Crippen LogP contribution in [0.4, 0.5) is 0 Å². The SMILES string of the molecule is NCc1cccc(C(O)c2cc(Br)cs2)c1. The molecule has 0 aliphatic rings. The van der Waals surface area contributed by atoms with Crippen molar-refractivity contribution in [2.24, 2.45) is 5.73 Å². The van der Waals surface area contributed by atoms with Crippen molar-refractivity contribution in [1.29, 1.82) is 0 Å². The van der Waals surface area contributed by atoms with E-state index in [4.69, 9.17) is 5.73 Å². The molecular formula is C12H12BrNOS. The van der Waals surface area contributed by atoms with E-state index in [1.165, 1.54) is 11.3 Å². The lowest BCUT2D eigenvalue weighted by molar-refractivity contribution is 0.224. The fraction of sp³-hybridized carbons (Fsp3) is 0.167. The standard InChI is InChI=1S/C12H12BrNOS/c13-10-5-11(16-7-10)12(15)9-3-1-2-8(4-9)6-14/h1-5,7,12,15H,6,14H2. The molecule has 2 nitrogen and oxygen atoms in total. The molecule has 0 radical (unpaired) electrons. The molecule has 1 atom stereocenters. The van der Waals surface area contributed by atoms with Gasteiger partial charge in [-0.1, -0.05) is 24.3 Å². The van der Waals surface area contributed by atoms with Crippen molar-refractivity contribution < 1.29 is 5.11 Å². The number of thiophene rings is 1. The first kappa shape index (κ1) is 11.8. The predicted molar refractivity (Wildman–Crippen MR) is 70.4 cm³/mol. The average Bonchev–Trinajstić information content (AvgIpc) is 2.75. The van der Waals surface area contributed by atoms with E-state index in [1.54, 1.807) is 0 Å². The Hall–Kier alpha value is -0.680. The summed E-state index contributed by atoms with van der Waals surface area (Å²) in [6.07, 6.45) is -0.567. The quantitative estimate of drug-likeness (QED) is 0.915. The summed E-state index contributed by atoms with van der Waals surface area (Å²) in [5, 5.41) is 12.1. The number of aliphatic hydroxyl groups excluding tert-OH is 1. The zero-order valence-corrected chi connectivity index (χ0v) is 11.0. The molecule has 2 rings (SSSR count). The van der Waals surface area contributed by atoms with Gasteiger partial charge in [-0.15, -0.1) is 11.3 Å². The topological polar surface area (TPSA) is 46.2 Å². The summed E-state index contributed by atoms with van der Waals surface area (Å²) >= 11 is 4.92. The minimum Gasteiger partial charge on any atom is -0.383 e. The summed E-state index contributed by atoms with van der Waals surface area (Å²) < 4.78 is 1.00. The van der Waals surface area contributed by atoms with Crippen LogP contribution in [0.5, 0.6) is 0 Å². The van der Waals surface area contributed by atoms with Gasteiger partial charge in [-0.2, -0.15) is 0 Å². The minimum atomic E-state index is -0.567. The molecule has 1 aromatic carbocycles. The second-order valence-corrected chi connectivity index (χ2v) is 5.38. The number of aliphatic hydroxyl groups is 1. The Morgan fingerprint density at radius 1 is 1.38 bits per heavy atom. The third kappa shape index (κ3) is 2.52. The first-order valence-corrected chi connectivity index (χ1v) is 6.59. The highest BCUT2D eigenvalue weighted by atomic mass is 79.9. The molecule has 1 unspecified atom stereocenters. The molecule has 0 aliphatic heterocycles. The van der Waals surface area contributed by atoms with Crippen LogP contribution in [0.1, 0.15) is 22.1 Å². The molecule has 3 N–H and O–H groups in total. The molecular weight excluding hydrogens is 286 g/mol. The van der Waals surface area contributed by atoms with Crippen LogP contribution in [0.15, 0.2) is 40.2 Å². The maximum Gasteiger partial charge on any atom is 0.113 e. The molecule has 0 saturated heterocycles. The predicted octanol–water partition coefficient (Wildman–Crippen LogP) is 3.05. The summed E-state index contributed by atoms with van der Waals surface area (Å²) in [6.45, 7) is 0.495. The molecule has 1 heterocycles. The number of hydrogen-bond acceptors (Lipinski definition) is 3. The number of rotatable bonds is 3. The summed E-state index contributed by atoms with van der Waals surface area (Å²) in [5.41, 5.74) is 7.50. The van der Waals surface area contributed by atoms with Gasteiger partial charge >= 0.3 is 0 Å². The summed E-state index contributed by atoms with van der Waals surface area (Å²) in [5.74, 6) is 0. The molecule has 0 bridgehead atoms. The Bertz CT molecular complexity index is 483. The van der Waals surface area contributed by atoms with Crippen molar-refractivity contribution in [1.82, 2.24) is 0 Å². The van der Waals surface area contributed by atoms with Gasteiger partial charge in [0.05, 0.1) is 0 Å². The first-order chi connectivity index (χ1) is 7.70. The molecule has 0 fully saturated rings. The van der Waals surface area contributed by atoms with Crippen LogP contribution < -0.4 is 5.73 Å². The third-order valence-electron chi connectivity index (χ3n) is 2.36. The molecule has 0 amide bonds. The Morgan fingerprint density at radius 2 is 2.19 bits per heavy atom. The van der Waals surface area contributed by atoms with Crippen LogP contribution in [0.25, 0.3) is 0 Å². The van der Waals surface area contributed by atoms with Gasteiger partial charge in [0.1, 0.15) is 6.10 Å². The number of halogens is 1. The molecule has 4 heteroatoms. The van der Waals surface area contributed by atoms with Crippen molar-refractivity contribution in [3.8, 4) is 0 Å². The van der Waals surface area contributed by atoms with Crippen LogP contribution in [0, 0.1) is 0 Å². The highest BCUT2D eigenvalue weighted by Gasteiger charge is 2.12. The van der Waals surface area contributed by atoms with Crippen molar-refractivity contribution in [3.63, 3.8) is 0 Å². The average molecular weight is 298 g/mol. The van der Waals surface area contributed by atoms with E-state index in [0.29, 0.717) is 6.54 Å². The second-order valence-electron chi connectivity index (χ2n) is 3.52. The van der Waals surface area contributed by atoms with Crippen molar-refractivity contribution in [2.75, 3.05) is 0 Å². The lowest BCUT2D eigenvalue weighted by Crippen LogP contribution is -2.01. The van der Waals surface area contributed by atoms with Crippen molar-refractivity contribution in [3.05, 3.63) is 56.2 Å². The molecule has 0 spiro atoms. The summed E-state index contributed by atoms with van der Waals surface area (Å²) in [7, 11) is 0. The first-order valence-electron chi connectivity index (χ1n) is 4.91. The van der Waals surface area contributed by atoms with Crippen molar-refractivity contribution >= 4 is 27.3 Å². The summed E-state index contributed by atoms with van der Waals surface area (Å²) in [4.78, 5) is 0.932. The van der Waals surface area contributed by atoms with Crippen LogP contribution in [0.2, 0.25) is 0 Å². The van der Waals surface area contributed by atoms with Crippen molar-refractivity contribution in [2.45, 2.75) is 12.6 Å². The van der Waals surface area contributed by atoms with Gasteiger partial charge in [-0.25, -0.2) is 0 Å². The molecule has 2 aromatic rings. The van der Waals surface area contributed by atoms with E-state index >= 15 is 0 Å². The molecule has 1 aromatic heterocycles. The maximum absolute atomic E-state index is 10.2. The summed E-state index contributed by atoms with van der Waals surface area (Å²) in [6, 6.07) is 9.67. The van der Waals surface area contributed by atoms with Gasteiger partial charge in [0.25, 0.3) is 0 Å². The van der Waals surface area contributed by atoms with Gasteiger partial charge in [0, 0.05) is 21.3 Å². The van der Waals surface area contributed by atoms with Crippen LogP contribution >= 0.6 is 27.3 Å². The number of nitrogens with two attached hydrogens (primary N) is 1. The van der Waals surface area contributed by atoms with E-state index in [9.17, 15) is 5.11 Å². The third-order valence-corrected chi connectivity index (χ3v) is 4.11. The largest absolute Gasteiger partial charge is 0.383 e. The van der Waals surface area contributed by atoms with E-state index in [-0.39, 0.29) is 0 Å². The Kier molecular flexibility index (Phi) is 3.76. The molecule has 0 aliphatic carbocycles. The van der Waals surface area contributed by atoms with Crippen LogP contribution in [-0.2, 0) is 6.54 Å². The van der Waals surface area contributed by atoms with Crippen LogP contribution in [-0.4, -0.2) is 5.11 Å². The molecule has 16 heavy (non-hydrogen) atoms. The Morgan fingerprint density at radius 3 is 2.81 bits per heavy atom. The van der Waals surface area contributed by atoms with E-state index < -0.39 is 6.10 Å². The van der Waals surface area contributed by atoms with Gasteiger partial charge in [0.15, 0.2) is 0 Å². The number of benzene rings is 1. The smallest absolute Gasteiger partial charge is 0.113 e. The highest BCUT2D eigenvalue weighted by Crippen LogP contribution is 2.30. The Labute approximate surface area is 107 Å². The fourth-order valence-corrected chi connectivity index (χ4v) is 2.98. The van der Waals surface area contributed by atoms with Gasteiger partial charge in [-0.3, -0.25) is 0 Å². The van der Waals surface area contributed by atoms with Gasteiger partial charge in [-0.05, 0) is 33.1 Å². The minimum absolute atomic E-state index is 0.495. The van der Waals surface area contributed by atoms with Gasteiger partial charge < -0.3 is 10.8 Å². The Balaban J connectivity index is 2.29. The van der Waals surface area contributed by atoms with Crippen LogP contribution in [0.3, 0.4) is 0 Å². The zero-order chi connectivity index (χ0) is 11.5. The number of hydrogen-bond donors (Lipinski definition) is 2. The lowest BCUT2D eigenvalue weighted by Gasteiger charge is -2.09.